The molecule has 7 atom stereocenters. The predicted octanol–water partition coefficient (Wildman–Crippen LogP) is 3.52. The Kier molecular flexibility index (Phi) is 3.37. The maximum Gasteiger partial charge on any atom is 0.0867 e. The number of hydrogen-bond acceptors (Lipinski definition) is 3. The van der Waals surface area contributed by atoms with Gasteiger partial charge in [-0.3, -0.25) is 0 Å². The molecule has 3 aliphatic carbocycles. The lowest BCUT2D eigenvalue weighted by Gasteiger charge is -2.64. The molecule has 0 radical (unpaired) electrons. The number of ether oxygens (including phenoxy) is 1. The maximum absolute atomic E-state index is 11.0. The minimum atomic E-state index is -0.205. The van der Waals surface area contributed by atoms with Gasteiger partial charge in [0.15, 0.2) is 0 Å². The highest BCUT2D eigenvalue weighted by Crippen LogP contribution is 2.70. The van der Waals surface area contributed by atoms with Gasteiger partial charge in [-0.05, 0) is 67.6 Å². The van der Waals surface area contributed by atoms with Crippen LogP contribution in [-0.4, -0.2) is 34.6 Å². The lowest BCUT2D eigenvalue weighted by atomic mass is 9.41. The smallest absolute Gasteiger partial charge is 0.0867 e. The van der Waals surface area contributed by atoms with Crippen molar-refractivity contribution >= 4 is 0 Å². The van der Waals surface area contributed by atoms with E-state index in [1.54, 1.807) is 0 Å². The second-order valence-corrected chi connectivity index (χ2v) is 10.3. The van der Waals surface area contributed by atoms with Crippen LogP contribution in [0.5, 0.6) is 0 Å². The van der Waals surface area contributed by atoms with Crippen molar-refractivity contribution in [3.8, 4) is 0 Å². The van der Waals surface area contributed by atoms with Crippen LogP contribution in [0, 0.1) is 28.1 Å². The number of aliphatic hydroxyl groups is 2. The van der Waals surface area contributed by atoms with E-state index in [-0.39, 0.29) is 35.2 Å². The Morgan fingerprint density at radius 1 is 0.957 bits per heavy atom. The molecule has 2 N–H and O–H groups in total. The normalized spacial score (nSPS) is 57.7. The molecule has 3 nitrogen and oxygen atoms in total. The zero-order valence-corrected chi connectivity index (χ0v) is 15.3. The van der Waals surface area contributed by atoms with E-state index < -0.39 is 0 Å². The monoisotopic (exact) mass is 322 g/mol. The lowest BCUT2D eigenvalue weighted by molar-refractivity contribution is -0.229. The molecule has 3 heteroatoms. The molecular weight excluding hydrogens is 288 g/mol. The number of rotatable bonds is 1. The van der Waals surface area contributed by atoms with Gasteiger partial charge in [-0.25, -0.2) is 0 Å². The molecule has 1 saturated heterocycles. The number of aliphatic hydroxyl groups excluding tert-OH is 2. The van der Waals surface area contributed by atoms with Crippen molar-refractivity contribution in [1.82, 2.24) is 0 Å². The minimum Gasteiger partial charge on any atom is -0.394 e. The van der Waals surface area contributed by atoms with Crippen LogP contribution < -0.4 is 0 Å². The molecule has 23 heavy (non-hydrogen) atoms. The van der Waals surface area contributed by atoms with E-state index >= 15 is 0 Å². The SMILES string of the molecule is CC1(C)CC[C@@H](O)[C@@]2(C)[C@H]1CCC13C[C@@](C)(CC[C@@H]12)C(CO)O3. The summed E-state index contributed by atoms with van der Waals surface area (Å²) in [5.74, 6) is 1.02. The molecule has 0 aromatic rings. The van der Waals surface area contributed by atoms with E-state index in [4.69, 9.17) is 4.74 Å². The third-order valence-corrected chi connectivity index (χ3v) is 8.74. The van der Waals surface area contributed by atoms with Crippen LogP contribution in [0.4, 0.5) is 0 Å². The predicted molar refractivity (Wildman–Crippen MR) is 90.0 cm³/mol. The van der Waals surface area contributed by atoms with Crippen LogP contribution in [0.2, 0.25) is 0 Å². The zero-order valence-electron chi connectivity index (χ0n) is 15.3. The van der Waals surface area contributed by atoms with Gasteiger partial charge in [-0.1, -0.05) is 27.7 Å². The molecule has 4 aliphatic rings. The Labute approximate surface area is 140 Å². The largest absolute Gasteiger partial charge is 0.394 e. The van der Waals surface area contributed by atoms with Crippen LogP contribution in [-0.2, 0) is 4.74 Å². The molecule has 3 saturated carbocycles. The van der Waals surface area contributed by atoms with Crippen molar-refractivity contribution in [3.05, 3.63) is 0 Å². The highest BCUT2D eigenvalue weighted by atomic mass is 16.5. The van der Waals surface area contributed by atoms with Crippen molar-refractivity contribution in [2.24, 2.45) is 28.1 Å². The Balaban J connectivity index is 1.75. The van der Waals surface area contributed by atoms with Gasteiger partial charge in [0.05, 0.1) is 24.4 Å². The topological polar surface area (TPSA) is 49.7 Å². The van der Waals surface area contributed by atoms with E-state index in [0.29, 0.717) is 17.3 Å². The Morgan fingerprint density at radius 2 is 1.65 bits per heavy atom. The van der Waals surface area contributed by atoms with Crippen molar-refractivity contribution < 1.29 is 14.9 Å². The highest BCUT2D eigenvalue weighted by Gasteiger charge is 2.69. The first-order valence-electron chi connectivity index (χ1n) is 9.65. The number of hydrogen-bond donors (Lipinski definition) is 2. The van der Waals surface area contributed by atoms with Crippen molar-refractivity contribution in [3.63, 3.8) is 0 Å². The average molecular weight is 322 g/mol. The minimum absolute atomic E-state index is 0.0126. The summed E-state index contributed by atoms with van der Waals surface area (Å²) in [6.45, 7) is 9.60. The van der Waals surface area contributed by atoms with Gasteiger partial charge in [-0.2, -0.15) is 0 Å². The van der Waals surface area contributed by atoms with Crippen LogP contribution in [0.3, 0.4) is 0 Å². The lowest BCUT2D eigenvalue weighted by Crippen LogP contribution is -2.64. The summed E-state index contributed by atoms with van der Waals surface area (Å²) < 4.78 is 6.60. The molecule has 2 bridgehead atoms. The first-order valence-corrected chi connectivity index (χ1v) is 9.65. The quantitative estimate of drug-likeness (QED) is 0.776. The molecule has 0 amide bonds. The first kappa shape index (κ1) is 16.4. The fraction of sp³-hybridized carbons (Fsp3) is 1.00. The van der Waals surface area contributed by atoms with E-state index in [1.165, 1.54) is 0 Å². The van der Waals surface area contributed by atoms with Gasteiger partial charge in [0.2, 0.25) is 0 Å². The molecule has 0 aromatic carbocycles. The van der Waals surface area contributed by atoms with Gasteiger partial charge in [0.1, 0.15) is 0 Å². The summed E-state index contributed by atoms with van der Waals surface area (Å²) in [4.78, 5) is 0. The van der Waals surface area contributed by atoms with Gasteiger partial charge in [0.25, 0.3) is 0 Å². The summed E-state index contributed by atoms with van der Waals surface area (Å²) >= 11 is 0. The molecule has 1 spiro atoms. The van der Waals surface area contributed by atoms with Gasteiger partial charge < -0.3 is 14.9 Å². The van der Waals surface area contributed by atoms with E-state index in [9.17, 15) is 10.2 Å². The van der Waals surface area contributed by atoms with Crippen molar-refractivity contribution in [1.29, 1.82) is 0 Å². The van der Waals surface area contributed by atoms with Crippen LogP contribution in [0.25, 0.3) is 0 Å². The Hall–Kier alpha value is -0.120. The average Bonchev–Trinajstić information content (AvgIpc) is 2.69. The number of fused-ring (bicyclic) bond motifs is 3. The summed E-state index contributed by atoms with van der Waals surface area (Å²) in [5, 5.41) is 20.9. The summed E-state index contributed by atoms with van der Waals surface area (Å²) in [6, 6.07) is 0. The summed E-state index contributed by atoms with van der Waals surface area (Å²) in [7, 11) is 0. The Morgan fingerprint density at radius 3 is 2.35 bits per heavy atom. The van der Waals surface area contributed by atoms with E-state index in [0.717, 1.165) is 44.9 Å². The Bertz CT molecular complexity index is 503. The summed E-state index contributed by atoms with van der Waals surface area (Å²) in [6.07, 6.45) is 7.45. The second kappa shape index (κ2) is 4.74. The van der Waals surface area contributed by atoms with Gasteiger partial charge >= 0.3 is 0 Å². The molecule has 1 aliphatic heterocycles. The molecular formula is C20H34O3. The standard InChI is InChI=1S/C20H34O3/c1-17(2)8-7-15(22)19(4)13(17)6-10-20-12-18(3,9-5-14(19)20)16(11-21)23-20/h13-16,21-22H,5-12H2,1-4H3/t13-,14+,15+,16?,18+,19-,20?/m0/s1. The third kappa shape index (κ3) is 1.93. The van der Waals surface area contributed by atoms with Crippen molar-refractivity contribution in [2.75, 3.05) is 6.61 Å². The molecule has 132 valence electrons. The van der Waals surface area contributed by atoms with Crippen LogP contribution >= 0.6 is 0 Å². The highest BCUT2D eigenvalue weighted by molar-refractivity contribution is 5.18. The van der Waals surface area contributed by atoms with Crippen LogP contribution in [0.1, 0.15) is 72.6 Å². The fourth-order valence-electron chi connectivity index (χ4n) is 7.55. The molecule has 2 unspecified atom stereocenters. The van der Waals surface area contributed by atoms with Gasteiger partial charge in [0, 0.05) is 5.41 Å². The van der Waals surface area contributed by atoms with E-state index in [2.05, 4.69) is 27.7 Å². The van der Waals surface area contributed by atoms with Crippen molar-refractivity contribution in [2.45, 2.75) is 90.4 Å². The molecule has 4 rings (SSSR count). The zero-order chi connectivity index (χ0) is 16.7. The van der Waals surface area contributed by atoms with Crippen LogP contribution in [0.15, 0.2) is 0 Å². The summed E-state index contributed by atoms with van der Waals surface area (Å²) in [5.41, 5.74) is 0.306. The first-order chi connectivity index (χ1) is 10.7. The van der Waals surface area contributed by atoms with Gasteiger partial charge in [-0.15, -0.1) is 0 Å². The molecule has 1 heterocycles. The second-order valence-electron chi connectivity index (χ2n) is 10.3. The fourth-order valence-corrected chi connectivity index (χ4v) is 7.55. The van der Waals surface area contributed by atoms with E-state index in [1.807, 2.05) is 0 Å². The third-order valence-electron chi connectivity index (χ3n) is 8.74. The molecule has 4 fully saturated rings. The molecule has 0 aromatic heterocycles. The maximum atomic E-state index is 11.0.